The Morgan fingerprint density at radius 1 is 1.00 bits per heavy atom. The van der Waals surface area contributed by atoms with Gasteiger partial charge in [0.25, 0.3) is 11.8 Å². The predicted octanol–water partition coefficient (Wildman–Crippen LogP) is 4.23. The Bertz CT molecular complexity index is 678. The second-order valence-corrected chi connectivity index (χ2v) is 7.65. The Morgan fingerprint density at radius 3 is 2.32 bits per heavy atom. The maximum absolute atomic E-state index is 12.3. The van der Waals surface area contributed by atoms with Crippen molar-refractivity contribution in [2.24, 2.45) is 5.92 Å². The molecule has 0 bridgehead atoms. The van der Waals surface area contributed by atoms with Crippen LogP contribution in [0.1, 0.15) is 59.2 Å². The van der Waals surface area contributed by atoms with E-state index < -0.39 is 0 Å². The first-order valence-electron chi connectivity index (χ1n) is 8.67. The third kappa shape index (κ3) is 6.35. The molecular formula is C20H26N2O2S. The van der Waals surface area contributed by atoms with Crippen LogP contribution in [0, 0.1) is 5.92 Å². The van der Waals surface area contributed by atoms with Gasteiger partial charge in [0, 0.05) is 18.2 Å². The number of amides is 2. The molecule has 0 aliphatic rings. The Hall–Kier alpha value is -2.14. The van der Waals surface area contributed by atoms with Crippen molar-refractivity contribution in [1.82, 2.24) is 10.6 Å². The third-order valence-corrected chi connectivity index (χ3v) is 4.84. The monoisotopic (exact) mass is 358 g/mol. The van der Waals surface area contributed by atoms with Crippen LogP contribution in [-0.4, -0.2) is 17.9 Å². The van der Waals surface area contributed by atoms with Crippen LogP contribution in [0.3, 0.4) is 0 Å². The van der Waals surface area contributed by atoms with Gasteiger partial charge in [-0.1, -0.05) is 32.0 Å². The van der Waals surface area contributed by atoms with Gasteiger partial charge in [0.1, 0.15) is 0 Å². The minimum atomic E-state index is -0.0733. The molecule has 2 amide bonds. The lowest BCUT2D eigenvalue weighted by Gasteiger charge is -2.15. The minimum absolute atomic E-state index is 0.0505. The molecule has 0 radical (unpaired) electrons. The quantitative estimate of drug-likeness (QED) is 0.742. The van der Waals surface area contributed by atoms with Crippen LogP contribution in [0.25, 0.3) is 0 Å². The predicted molar refractivity (Wildman–Crippen MR) is 103 cm³/mol. The summed E-state index contributed by atoms with van der Waals surface area (Å²) in [5, 5.41) is 7.79. The van der Waals surface area contributed by atoms with Crippen LogP contribution < -0.4 is 10.6 Å². The van der Waals surface area contributed by atoms with E-state index in [9.17, 15) is 9.59 Å². The number of rotatable bonds is 8. The SMILES string of the molecule is CC(C)CC[C@H](C)NC(=O)c1ccc(CNC(=O)c2cccs2)cc1. The number of carbonyl (C=O) groups excluding carboxylic acids is 2. The molecule has 0 spiro atoms. The summed E-state index contributed by atoms with van der Waals surface area (Å²) < 4.78 is 0. The second-order valence-electron chi connectivity index (χ2n) is 6.70. The highest BCUT2D eigenvalue weighted by molar-refractivity contribution is 7.12. The molecule has 1 aromatic carbocycles. The van der Waals surface area contributed by atoms with Crippen molar-refractivity contribution in [3.05, 3.63) is 57.8 Å². The van der Waals surface area contributed by atoms with Crippen molar-refractivity contribution in [2.45, 2.75) is 46.2 Å². The first kappa shape index (κ1) is 19.2. The molecule has 2 rings (SSSR count). The molecule has 0 saturated carbocycles. The van der Waals surface area contributed by atoms with Gasteiger partial charge in [-0.25, -0.2) is 0 Å². The number of thiophene rings is 1. The van der Waals surface area contributed by atoms with Crippen LogP contribution in [-0.2, 0) is 6.54 Å². The average Bonchev–Trinajstić information content (AvgIpc) is 3.13. The average molecular weight is 359 g/mol. The van der Waals surface area contributed by atoms with E-state index in [4.69, 9.17) is 0 Å². The summed E-state index contributed by atoms with van der Waals surface area (Å²) in [7, 11) is 0. The lowest BCUT2D eigenvalue weighted by molar-refractivity contribution is 0.0933. The van der Waals surface area contributed by atoms with Gasteiger partial charge in [0.2, 0.25) is 0 Å². The zero-order chi connectivity index (χ0) is 18.2. The van der Waals surface area contributed by atoms with E-state index >= 15 is 0 Å². The van der Waals surface area contributed by atoms with Crippen LogP contribution in [0.15, 0.2) is 41.8 Å². The molecule has 1 atom stereocenters. The smallest absolute Gasteiger partial charge is 0.261 e. The number of hydrogen-bond acceptors (Lipinski definition) is 3. The zero-order valence-electron chi connectivity index (χ0n) is 15.0. The van der Waals surface area contributed by atoms with Crippen LogP contribution in [0.4, 0.5) is 0 Å². The summed E-state index contributed by atoms with van der Waals surface area (Å²) >= 11 is 1.42. The largest absolute Gasteiger partial charge is 0.350 e. The standard InChI is InChI=1S/C20H26N2O2S/c1-14(2)6-7-15(3)22-19(23)17-10-8-16(9-11-17)13-21-20(24)18-5-4-12-25-18/h4-5,8-12,14-15H,6-7,13H2,1-3H3,(H,21,24)(H,22,23)/t15-/m0/s1. The van der Waals surface area contributed by atoms with Gasteiger partial charge in [-0.3, -0.25) is 9.59 Å². The molecule has 0 unspecified atom stereocenters. The maximum Gasteiger partial charge on any atom is 0.261 e. The van der Waals surface area contributed by atoms with E-state index in [-0.39, 0.29) is 17.9 Å². The van der Waals surface area contributed by atoms with Gasteiger partial charge in [0.05, 0.1) is 4.88 Å². The molecule has 2 N–H and O–H groups in total. The summed E-state index contributed by atoms with van der Waals surface area (Å²) in [5.41, 5.74) is 1.61. The van der Waals surface area contributed by atoms with Crippen molar-refractivity contribution in [3.63, 3.8) is 0 Å². The normalized spacial score (nSPS) is 12.0. The summed E-state index contributed by atoms with van der Waals surface area (Å²) in [5.74, 6) is 0.518. The van der Waals surface area contributed by atoms with Crippen molar-refractivity contribution < 1.29 is 9.59 Å². The lowest BCUT2D eigenvalue weighted by Crippen LogP contribution is -2.32. The highest BCUT2D eigenvalue weighted by Crippen LogP contribution is 2.10. The summed E-state index contributed by atoms with van der Waals surface area (Å²) in [6.45, 7) is 6.85. The summed E-state index contributed by atoms with van der Waals surface area (Å²) in [6.07, 6.45) is 2.08. The van der Waals surface area contributed by atoms with Crippen molar-refractivity contribution in [2.75, 3.05) is 0 Å². The number of benzene rings is 1. The Morgan fingerprint density at radius 2 is 1.72 bits per heavy atom. The van der Waals surface area contributed by atoms with Crippen LogP contribution in [0.2, 0.25) is 0 Å². The fraction of sp³-hybridized carbons (Fsp3) is 0.400. The molecular weight excluding hydrogens is 332 g/mol. The van der Waals surface area contributed by atoms with Crippen LogP contribution in [0.5, 0.6) is 0 Å². The first-order chi connectivity index (χ1) is 12.0. The van der Waals surface area contributed by atoms with Crippen molar-refractivity contribution in [1.29, 1.82) is 0 Å². The molecule has 5 heteroatoms. The number of carbonyl (C=O) groups is 2. The summed E-state index contributed by atoms with van der Waals surface area (Å²) in [6, 6.07) is 11.2. The lowest BCUT2D eigenvalue weighted by atomic mass is 10.0. The molecule has 25 heavy (non-hydrogen) atoms. The van der Waals surface area contributed by atoms with E-state index in [1.165, 1.54) is 11.3 Å². The molecule has 0 saturated heterocycles. The molecule has 2 aromatic rings. The maximum atomic E-state index is 12.3. The Labute approximate surface area is 153 Å². The fourth-order valence-electron chi connectivity index (χ4n) is 2.41. The van der Waals surface area contributed by atoms with E-state index in [0.717, 1.165) is 18.4 Å². The first-order valence-corrected chi connectivity index (χ1v) is 9.55. The topological polar surface area (TPSA) is 58.2 Å². The van der Waals surface area contributed by atoms with Crippen LogP contribution >= 0.6 is 11.3 Å². The Balaban J connectivity index is 1.82. The number of hydrogen-bond donors (Lipinski definition) is 2. The molecule has 1 heterocycles. The third-order valence-electron chi connectivity index (χ3n) is 3.97. The second kappa shape index (κ2) is 9.37. The van der Waals surface area contributed by atoms with Crippen molar-refractivity contribution in [3.8, 4) is 0 Å². The number of nitrogens with one attached hydrogen (secondary N) is 2. The Kier molecular flexibility index (Phi) is 7.19. The minimum Gasteiger partial charge on any atom is -0.350 e. The fourth-order valence-corrected chi connectivity index (χ4v) is 3.05. The van der Waals surface area contributed by atoms with Gasteiger partial charge in [-0.2, -0.15) is 0 Å². The van der Waals surface area contributed by atoms with E-state index in [1.807, 2.05) is 30.5 Å². The van der Waals surface area contributed by atoms with Gasteiger partial charge in [0.15, 0.2) is 0 Å². The molecule has 4 nitrogen and oxygen atoms in total. The van der Waals surface area contributed by atoms with Gasteiger partial charge in [-0.05, 0) is 54.8 Å². The molecule has 0 aliphatic heterocycles. The van der Waals surface area contributed by atoms with Gasteiger partial charge < -0.3 is 10.6 Å². The highest BCUT2D eigenvalue weighted by Gasteiger charge is 2.11. The zero-order valence-corrected chi connectivity index (χ0v) is 15.9. The van der Waals surface area contributed by atoms with E-state index in [0.29, 0.717) is 22.9 Å². The van der Waals surface area contributed by atoms with Gasteiger partial charge in [-0.15, -0.1) is 11.3 Å². The van der Waals surface area contributed by atoms with E-state index in [2.05, 4.69) is 24.5 Å². The molecule has 134 valence electrons. The molecule has 0 aliphatic carbocycles. The summed E-state index contributed by atoms with van der Waals surface area (Å²) in [4.78, 5) is 24.9. The van der Waals surface area contributed by atoms with Gasteiger partial charge >= 0.3 is 0 Å². The van der Waals surface area contributed by atoms with Crippen molar-refractivity contribution >= 4 is 23.2 Å². The highest BCUT2D eigenvalue weighted by atomic mass is 32.1. The molecule has 1 aromatic heterocycles. The molecule has 0 fully saturated rings. The van der Waals surface area contributed by atoms with E-state index in [1.54, 1.807) is 18.2 Å².